The predicted octanol–water partition coefficient (Wildman–Crippen LogP) is 2.12. The van der Waals surface area contributed by atoms with Crippen molar-refractivity contribution in [3.8, 4) is 11.4 Å². The molecule has 0 unspecified atom stereocenters. The first-order valence-electron chi connectivity index (χ1n) is 7.91. The van der Waals surface area contributed by atoms with Crippen LogP contribution in [0.3, 0.4) is 0 Å². The second-order valence-corrected chi connectivity index (χ2v) is 5.70. The molecule has 3 rings (SSSR count). The number of hydrogen-bond donors (Lipinski definition) is 1. The van der Waals surface area contributed by atoms with E-state index in [0.29, 0.717) is 24.4 Å². The molecular weight excluding hydrogens is 320 g/mol. The standard InChI is InChI=1S/C17H20N6O2/c1-12-8-13(2)23(21-12)7-6-17(24)20-15-9-14(4-5-16(15)25-3)22-10-18-19-11-22/h4-5,8-11H,6-7H2,1-3H3,(H,20,24). The Labute approximate surface area is 145 Å². The Kier molecular flexibility index (Phi) is 4.78. The Morgan fingerprint density at radius 3 is 2.60 bits per heavy atom. The van der Waals surface area contributed by atoms with E-state index in [2.05, 4.69) is 20.6 Å². The molecule has 0 aliphatic rings. The molecule has 0 aliphatic carbocycles. The maximum Gasteiger partial charge on any atom is 0.226 e. The summed E-state index contributed by atoms with van der Waals surface area (Å²) in [6.45, 7) is 4.44. The molecule has 0 fully saturated rings. The number of anilines is 1. The zero-order valence-electron chi connectivity index (χ0n) is 14.4. The summed E-state index contributed by atoms with van der Waals surface area (Å²) in [5, 5.41) is 14.8. The number of aryl methyl sites for hydroxylation is 3. The summed E-state index contributed by atoms with van der Waals surface area (Å²) in [4.78, 5) is 12.3. The largest absolute Gasteiger partial charge is 0.495 e. The van der Waals surface area contributed by atoms with Crippen molar-refractivity contribution < 1.29 is 9.53 Å². The second-order valence-electron chi connectivity index (χ2n) is 5.70. The van der Waals surface area contributed by atoms with Crippen LogP contribution in [0.1, 0.15) is 17.8 Å². The Morgan fingerprint density at radius 2 is 1.96 bits per heavy atom. The Morgan fingerprint density at radius 1 is 1.20 bits per heavy atom. The number of nitrogens with one attached hydrogen (secondary N) is 1. The summed E-state index contributed by atoms with van der Waals surface area (Å²) in [5.74, 6) is 0.489. The second kappa shape index (κ2) is 7.16. The molecule has 1 amide bonds. The molecule has 0 radical (unpaired) electrons. The summed E-state index contributed by atoms with van der Waals surface area (Å²) < 4.78 is 8.92. The molecule has 25 heavy (non-hydrogen) atoms. The van der Waals surface area contributed by atoms with Gasteiger partial charge in [-0.25, -0.2) is 0 Å². The van der Waals surface area contributed by atoms with Crippen molar-refractivity contribution >= 4 is 11.6 Å². The first kappa shape index (κ1) is 16.7. The van der Waals surface area contributed by atoms with Crippen molar-refractivity contribution in [2.75, 3.05) is 12.4 Å². The summed E-state index contributed by atoms with van der Waals surface area (Å²) in [7, 11) is 1.57. The third-order valence-corrected chi connectivity index (χ3v) is 3.83. The van der Waals surface area contributed by atoms with Gasteiger partial charge in [0.05, 0.1) is 24.2 Å². The number of benzene rings is 1. The van der Waals surface area contributed by atoms with Gasteiger partial charge in [-0.2, -0.15) is 5.10 Å². The molecule has 8 heteroatoms. The zero-order valence-corrected chi connectivity index (χ0v) is 14.4. The van der Waals surface area contributed by atoms with Crippen molar-refractivity contribution in [1.82, 2.24) is 24.5 Å². The minimum absolute atomic E-state index is 0.105. The van der Waals surface area contributed by atoms with E-state index < -0.39 is 0 Å². The normalized spacial score (nSPS) is 10.7. The number of rotatable bonds is 6. The van der Waals surface area contributed by atoms with E-state index in [0.717, 1.165) is 17.1 Å². The molecule has 3 aromatic rings. The summed E-state index contributed by atoms with van der Waals surface area (Å²) in [6.07, 6.45) is 3.51. The number of ether oxygens (including phenoxy) is 1. The van der Waals surface area contributed by atoms with E-state index in [4.69, 9.17) is 4.74 Å². The smallest absolute Gasteiger partial charge is 0.226 e. The molecule has 0 saturated carbocycles. The number of aromatic nitrogens is 5. The first-order valence-corrected chi connectivity index (χ1v) is 7.91. The van der Waals surface area contributed by atoms with Crippen LogP contribution in [0.25, 0.3) is 5.69 Å². The van der Waals surface area contributed by atoms with Gasteiger partial charge in [-0.3, -0.25) is 14.0 Å². The van der Waals surface area contributed by atoms with Crippen LogP contribution in [0.15, 0.2) is 36.9 Å². The van der Waals surface area contributed by atoms with Crippen LogP contribution in [0.4, 0.5) is 5.69 Å². The van der Waals surface area contributed by atoms with Crippen LogP contribution in [0.2, 0.25) is 0 Å². The first-order chi connectivity index (χ1) is 12.1. The molecule has 0 spiro atoms. The Balaban J connectivity index is 1.71. The Hall–Kier alpha value is -3.16. The van der Waals surface area contributed by atoms with Gasteiger partial charge in [0.1, 0.15) is 18.4 Å². The fourth-order valence-electron chi connectivity index (χ4n) is 2.61. The number of nitrogens with zero attached hydrogens (tertiary/aromatic N) is 5. The van der Waals surface area contributed by atoms with E-state index in [1.54, 1.807) is 30.4 Å². The van der Waals surface area contributed by atoms with Crippen molar-refractivity contribution in [2.45, 2.75) is 26.8 Å². The van der Waals surface area contributed by atoms with Crippen LogP contribution in [-0.4, -0.2) is 37.6 Å². The number of hydrogen-bond acceptors (Lipinski definition) is 5. The fourth-order valence-corrected chi connectivity index (χ4v) is 2.61. The van der Waals surface area contributed by atoms with E-state index in [-0.39, 0.29) is 5.91 Å². The quantitative estimate of drug-likeness (QED) is 0.743. The van der Waals surface area contributed by atoms with Gasteiger partial charge in [0.15, 0.2) is 0 Å². The van der Waals surface area contributed by atoms with Gasteiger partial charge in [0, 0.05) is 18.7 Å². The minimum atomic E-state index is -0.105. The van der Waals surface area contributed by atoms with Crippen LogP contribution in [0, 0.1) is 13.8 Å². The van der Waals surface area contributed by atoms with Gasteiger partial charge in [0.2, 0.25) is 5.91 Å². The highest BCUT2D eigenvalue weighted by molar-refractivity contribution is 5.92. The molecule has 130 valence electrons. The summed E-state index contributed by atoms with van der Waals surface area (Å²) in [6, 6.07) is 7.48. The molecule has 2 heterocycles. The van der Waals surface area contributed by atoms with Gasteiger partial charge in [-0.05, 0) is 38.1 Å². The zero-order chi connectivity index (χ0) is 17.8. The Bertz CT molecular complexity index is 869. The highest BCUT2D eigenvalue weighted by Crippen LogP contribution is 2.27. The van der Waals surface area contributed by atoms with Crippen molar-refractivity contribution in [3.05, 3.63) is 48.3 Å². The number of amides is 1. The lowest BCUT2D eigenvalue weighted by molar-refractivity contribution is -0.116. The van der Waals surface area contributed by atoms with Crippen molar-refractivity contribution in [2.24, 2.45) is 0 Å². The van der Waals surface area contributed by atoms with Crippen LogP contribution >= 0.6 is 0 Å². The number of methoxy groups -OCH3 is 1. The maximum absolute atomic E-state index is 12.3. The third kappa shape index (κ3) is 3.85. The van der Waals surface area contributed by atoms with E-state index in [1.807, 2.05) is 36.7 Å². The SMILES string of the molecule is COc1ccc(-n2cnnc2)cc1NC(=O)CCn1nc(C)cc1C. The average Bonchev–Trinajstić information content (AvgIpc) is 3.22. The average molecular weight is 340 g/mol. The van der Waals surface area contributed by atoms with Gasteiger partial charge < -0.3 is 10.1 Å². The molecule has 0 aliphatic heterocycles. The predicted molar refractivity (Wildman–Crippen MR) is 92.9 cm³/mol. The molecule has 0 atom stereocenters. The van der Waals surface area contributed by atoms with Crippen LogP contribution in [-0.2, 0) is 11.3 Å². The molecular formula is C17H20N6O2. The molecule has 2 aromatic heterocycles. The molecule has 8 nitrogen and oxygen atoms in total. The van der Waals surface area contributed by atoms with Crippen LogP contribution in [0.5, 0.6) is 5.75 Å². The highest BCUT2D eigenvalue weighted by atomic mass is 16.5. The third-order valence-electron chi connectivity index (χ3n) is 3.83. The van der Waals surface area contributed by atoms with Crippen LogP contribution < -0.4 is 10.1 Å². The fraction of sp³-hybridized carbons (Fsp3) is 0.294. The molecule has 1 N–H and O–H groups in total. The monoisotopic (exact) mass is 340 g/mol. The van der Waals surface area contributed by atoms with Gasteiger partial charge in [-0.15, -0.1) is 10.2 Å². The van der Waals surface area contributed by atoms with E-state index >= 15 is 0 Å². The highest BCUT2D eigenvalue weighted by Gasteiger charge is 2.11. The lowest BCUT2D eigenvalue weighted by Crippen LogP contribution is -2.16. The summed E-state index contributed by atoms with van der Waals surface area (Å²) >= 11 is 0. The maximum atomic E-state index is 12.3. The number of carbonyl (C=O) groups is 1. The van der Waals surface area contributed by atoms with E-state index in [9.17, 15) is 4.79 Å². The number of carbonyl (C=O) groups excluding carboxylic acids is 1. The van der Waals surface area contributed by atoms with Crippen molar-refractivity contribution in [3.63, 3.8) is 0 Å². The lowest BCUT2D eigenvalue weighted by Gasteiger charge is -2.12. The van der Waals surface area contributed by atoms with Gasteiger partial charge in [-0.1, -0.05) is 0 Å². The van der Waals surface area contributed by atoms with Gasteiger partial charge in [0.25, 0.3) is 0 Å². The molecule has 0 bridgehead atoms. The summed E-state index contributed by atoms with van der Waals surface area (Å²) in [5.41, 5.74) is 3.42. The van der Waals surface area contributed by atoms with Gasteiger partial charge >= 0.3 is 0 Å². The topological polar surface area (TPSA) is 86.9 Å². The molecule has 0 saturated heterocycles. The lowest BCUT2D eigenvalue weighted by atomic mass is 10.2. The minimum Gasteiger partial charge on any atom is -0.495 e. The molecule has 1 aromatic carbocycles. The van der Waals surface area contributed by atoms with Crippen molar-refractivity contribution in [1.29, 1.82) is 0 Å². The van der Waals surface area contributed by atoms with E-state index in [1.165, 1.54) is 0 Å².